The average molecular weight is 268 g/mol. The maximum atomic E-state index is 11.8. The van der Waals surface area contributed by atoms with Gasteiger partial charge in [-0.05, 0) is 31.6 Å². The van der Waals surface area contributed by atoms with Crippen molar-refractivity contribution < 1.29 is 4.79 Å². The number of nitrogens with zero attached hydrogens (tertiary/aromatic N) is 3. The Kier molecular flexibility index (Phi) is 4.63. The second-order valence-electron chi connectivity index (χ2n) is 5.04. The van der Waals surface area contributed by atoms with Crippen LogP contribution in [0.15, 0.2) is 11.5 Å². The highest BCUT2D eigenvalue weighted by molar-refractivity contribution is 7.99. The molecule has 0 unspecified atom stereocenters. The summed E-state index contributed by atoms with van der Waals surface area (Å²) < 4.78 is 1.82. The van der Waals surface area contributed by atoms with Crippen molar-refractivity contribution in [2.24, 2.45) is 13.0 Å². The molecule has 1 N–H and O–H groups in total. The summed E-state index contributed by atoms with van der Waals surface area (Å²) in [6.07, 6.45) is 6.31. The van der Waals surface area contributed by atoms with E-state index in [1.807, 2.05) is 11.6 Å². The molecule has 5 nitrogen and oxygen atoms in total. The number of thioether (sulfide) groups is 1. The largest absolute Gasteiger partial charge is 0.353 e. The van der Waals surface area contributed by atoms with Crippen molar-refractivity contribution in [3.05, 3.63) is 6.33 Å². The second kappa shape index (κ2) is 6.22. The summed E-state index contributed by atoms with van der Waals surface area (Å²) in [6.45, 7) is 2.28. The predicted octanol–water partition coefficient (Wildman–Crippen LogP) is 1.60. The Morgan fingerprint density at radius 3 is 2.83 bits per heavy atom. The molecule has 1 aliphatic rings. The monoisotopic (exact) mass is 268 g/mol. The minimum absolute atomic E-state index is 0.0996. The molecular weight excluding hydrogens is 248 g/mol. The van der Waals surface area contributed by atoms with Gasteiger partial charge in [-0.2, -0.15) is 0 Å². The first-order valence-corrected chi connectivity index (χ1v) is 7.40. The lowest BCUT2D eigenvalue weighted by Crippen LogP contribution is -2.38. The van der Waals surface area contributed by atoms with Gasteiger partial charge in [0.25, 0.3) is 0 Å². The number of aromatic nitrogens is 3. The highest BCUT2D eigenvalue weighted by atomic mass is 32.2. The van der Waals surface area contributed by atoms with Crippen LogP contribution in [0.5, 0.6) is 0 Å². The molecule has 1 saturated carbocycles. The third kappa shape index (κ3) is 3.73. The Morgan fingerprint density at radius 1 is 1.50 bits per heavy atom. The molecule has 1 aromatic heterocycles. The zero-order valence-corrected chi connectivity index (χ0v) is 11.7. The lowest BCUT2D eigenvalue weighted by atomic mass is 9.87. The summed E-state index contributed by atoms with van der Waals surface area (Å²) in [5.74, 6) is 1.33. The van der Waals surface area contributed by atoms with E-state index in [0.717, 1.165) is 23.9 Å². The van der Waals surface area contributed by atoms with E-state index < -0.39 is 0 Å². The van der Waals surface area contributed by atoms with Gasteiger partial charge in [0, 0.05) is 13.1 Å². The van der Waals surface area contributed by atoms with E-state index in [1.54, 1.807) is 6.33 Å². The summed E-state index contributed by atoms with van der Waals surface area (Å²) in [7, 11) is 1.88. The first-order valence-electron chi connectivity index (χ1n) is 6.41. The van der Waals surface area contributed by atoms with E-state index in [0.29, 0.717) is 11.8 Å². The number of carbonyl (C=O) groups excluding carboxylic acids is 1. The van der Waals surface area contributed by atoms with Crippen LogP contribution in [0.3, 0.4) is 0 Å². The summed E-state index contributed by atoms with van der Waals surface area (Å²) in [4.78, 5) is 11.8. The molecule has 2 rings (SSSR count). The predicted molar refractivity (Wildman–Crippen MR) is 71.3 cm³/mol. The Balaban J connectivity index is 1.71. The fourth-order valence-corrected chi connectivity index (χ4v) is 2.91. The number of amides is 1. The van der Waals surface area contributed by atoms with Crippen LogP contribution in [-0.4, -0.2) is 32.5 Å². The molecule has 0 radical (unpaired) electrons. The number of hydrogen-bond donors (Lipinski definition) is 1. The zero-order chi connectivity index (χ0) is 13.0. The molecule has 1 heterocycles. The molecule has 1 amide bonds. The maximum absolute atomic E-state index is 11.8. The zero-order valence-electron chi connectivity index (χ0n) is 10.9. The second-order valence-corrected chi connectivity index (χ2v) is 5.98. The maximum Gasteiger partial charge on any atom is 0.230 e. The average Bonchev–Trinajstić information content (AvgIpc) is 2.75. The quantitative estimate of drug-likeness (QED) is 0.843. The number of carbonyl (C=O) groups is 1. The summed E-state index contributed by atoms with van der Waals surface area (Å²) >= 11 is 1.43. The molecule has 1 aliphatic carbocycles. The third-order valence-electron chi connectivity index (χ3n) is 3.38. The van der Waals surface area contributed by atoms with Gasteiger partial charge in [-0.15, -0.1) is 10.2 Å². The first kappa shape index (κ1) is 13.4. The van der Waals surface area contributed by atoms with Gasteiger partial charge in [0.2, 0.25) is 5.91 Å². The van der Waals surface area contributed by atoms with E-state index in [2.05, 4.69) is 22.4 Å². The van der Waals surface area contributed by atoms with Crippen molar-refractivity contribution in [3.63, 3.8) is 0 Å². The van der Waals surface area contributed by atoms with Crippen molar-refractivity contribution >= 4 is 17.7 Å². The summed E-state index contributed by atoms with van der Waals surface area (Å²) in [6, 6.07) is 0.369. The molecule has 1 fully saturated rings. The molecule has 0 bridgehead atoms. The van der Waals surface area contributed by atoms with Crippen LogP contribution in [-0.2, 0) is 11.8 Å². The van der Waals surface area contributed by atoms with Crippen LogP contribution in [0.1, 0.15) is 32.6 Å². The van der Waals surface area contributed by atoms with Gasteiger partial charge in [0.1, 0.15) is 6.33 Å². The topological polar surface area (TPSA) is 59.8 Å². The van der Waals surface area contributed by atoms with E-state index in [1.165, 1.54) is 24.6 Å². The molecule has 6 heteroatoms. The molecular formula is C12H20N4OS. The van der Waals surface area contributed by atoms with Gasteiger partial charge in [-0.1, -0.05) is 18.7 Å². The normalized spacial score (nSPS) is 23.9. The summed E-state index contributed by atoms with van der Waals surface area (Å²) in [5.41, 5.74) is 0. The van der Waals surface area contributed by atoms with Crippen LogP contribution >= 0.6 is 11.8 Å². The van der Waals surface area contributed by atoms with Gasteiger partial charge in [-0.3, -0.25) is 4.79 Å². The van der Waals surface area contributed by atoms with Gasteiger partial charge < -0.3 is 9.88 Å². The van der Waals surface area contributed by atoms with Crippen LogP contribution in [0.2, 0.25) is 0 Å². The van der Waals surface area contributed by atoms with Crippen LogP contribution in [0, 0.1) is 5.92 Å². The smallest absolute Gasteiger partial charge is 0.230 e. The Bertz CT molecular complexity index is 399. The fraction of sp³-hybridized carbons (Fsp3) is 0.750. The Labute approximate surface area is 112 Å². The van der Waals surface area contributed by atoms with E-state index in [9.17, 15) is 4.79 Å². The van der Waals surface area contributed by atoms with Gasteiger partial charge in [0.15, 0.2) is 5.16 Å². The number of hydrogen-bond acceptors (Lipinski definition) is 4. The molecule has 18 heavy (non-hydrogen) atoms. The first-order chi connectivity index (χ1) is 8.65. The Hall–Kier alpha value is -1.04. The molecule has 0 aliphatic heterocycles. The Morgan fingerprint density at radius 2 is 2.22 bits per heavy atom. The van der Waals surface area contributed by atoms with E-state index >= 15 is 0 Å². The van der Waals surface area contributed by atoms with Crippen molar-refractivity contribution in [2.45, 2.75) is 43.8 Å². The van der Waals surface area contributed by atoms with Crippen LogP contribution in [0.25, 0.3) is 0 Å². The van der Waals surface area contributed by atoms with Crippen molar-refractivity contribution in [2.75, 3.05) is 5.75 Å². The van der Waals surface area contributed by atoms with Crippen LogP contribution < -0.4 is 5.32 Å². The fourth-order valence-electron chi connectivity index (χ4n) is 2.21. The minimum atomic E-state index is 0.0996. The SMILES string of the molecule is CC1CCC(NC(=O)CSc2nncn2C)CC1. The minimum Gasteiger partial charge on any atom is -0.353 e. The van der Waals surface area contributed by atoms with Crippen molar-refractivity contribution in [1.82, 2.24) is 20.1 Å². The molecule has 0 atom stereocenters. The van der Waals surface area contributed by atoms with Crippen molar-refractivity contribution in [3.8, 4) is 0 Å². The van der Waals surface area contributed by atoms with E-state index in [4.69, 9.17) is 0 Å². The molecule has 1 aromatic rings. The van der Waals surface area contributed by atoms with Gasteiger partial charge in [-0.25, -0.2) is 0 Å². The van der Waals surface area contributed by atoms with Gasteiger partial charge in [0.05, 0.1) is 5.75 Å². The lowest BCUT2D eigenvalue weighted by Gasteiger charge is -2.26. The number of nitrogens with one attached hydrogen (secondary N) is 1. The van der Waals surface area contributed by atoms with Crippen molar-refractivity contribution in [1.29, 1.82) is 0 Å². The highest BCUT2D eigenvalue weighted by Crippen LogP contribution is 2.23. The van der Waals surface area contributed by atoms with Crippen LogP contribution in [0.4, 0.5) is 0 Å². The van der Waals surface area contributed by atoms with E-state index in [-0.39, 0.29) is 5.91 Å². The number of aryl methyl sites for hydroxylation is 1. The standard InChI is InChI=1S/C12H20N4OS/c1-9-3-5-10(6-4-9)14-11(17)7-18-12-15-13-8-16(12)2/h8-10H,3-7H2,1-2H3,(H,14,17). The van der Waals surface area contributed by atoms with Gasteiger partial charge >= 0.3 is 0 Å². The molecule has 0 aromatic carbocycles. The molecule has 0 spiro atoms. The molecule has 100 valence electrons. The number of rotatable bonds is 4. The highest BCUT2D eigenvalue weighted by Gasteiger charge is 2.19. The lowest BCUT2D eigenvalue weighted by molar-refractivity contribution is -0.119. The summed E-state index contributed by atoms with van der Waals surface area (Å²) in [5, 5.41) is 11.6. The third-order valence-corrected chi connectivity index (χ3v) is 4.42. The molecule has 0 saturated heterocycles.